The van der Waals surface area contributed by atoms with Crippen molar-refractivity contribution < 1.29 is 18.7 Å². The van der Waals surface area contributed by atoms with E-state index in [1.807, 2.05) is 38.4 Å². The van der Waals surface area contributed by atoms with Crippen molar-refractivity contribution in [2.24, 2.45) is 0 Å². The third-order valence-electron chi connectivity index (χ3n) is 5.68. The Morgan fingerprint density at radius 3 is 2.50 bits per heavy atom. The van der Waals surface area contributed by atoms with Gasteiger partial charge < -0.3 is 4.74 Å². The first kappa shape index (κ1) is 20.3. The fourth-order valence-electron chi connectivity index (χ4n) is 4.30. The zero-order chi connectivity index (χ0) is 21.3. The quantitative estimate of drug-likeness (QED) is 0.744. The fraction of sp³-hybridized carbons (Fsp3) is 0.333. The second-order valence-corrected chi connectivity index (χ2v) is 7.90. The van der Waals surface area contributed by atoms with E-state index in [0.717, 1.165) is 29.7 Å². The molecular weight excluding hydrogens is 383 g/mol. The predicted molar refractivity (Wildman–Crippen MR) is 111 cm³/mol. The number of halogens is 1. The van der Waals surface area contributed by atoms with Crippen LogP contribution in [0.1, 0.15) is 42.7 Å². The molecule has 1 aliphatic carbocycles. The lowest BCUT2D eigenvalue weighted by Crippen LogP contribution is -2.47. The molecule has 0 bridgehead atoms. The van der Waals surface area contributed by atoms with Gasteiger partial charge in [-0.15, -0.1) is 0 Å². The van der Waals surface area contributed by atoms with E-state index in [0.29, 0.717) is 17.7 Å². The molecule has 2 aromatic rings. The summed E-state index contributed by atoms with van der Waals surface area (Å²) in [6.07, 6.45) is 2.28. The minimum atomic E-state index is -0.296. The third-order valence-corrected chi connectivity index (χ3v) is 5.68. The van der Waals surface area contributed by atoms with Crippen molar-refractivity contribution in [1.82, 2.24) is 10.0 Å². The van der Waals surface area contributed by atoms with Gasteiger partial charge in [0.05, 0.1) is 0 Å². The zero-order valence-electron chi connectivity index (χ0n) is 17.2. The molecule has 0 saturated heterocycles. The number of amides is 1. The molecule has 30 heavy (non-hydrogen) atoms. The Labute approximate surface area is 175 Å². The normalized spacial score (nSPS) is 19.3. The fourth-order valence-corrected chi connectivity index (χ4v) is 4.30. The van der Waals surface area contributed by atoms with E-state index in [-0.39, 0.29) is 36.5 Å². The molecule has 1 aliphatic heterocycles. The van der Waals surface area contributed by atoms with Crippen LogP contribution in [0.25, 0.3) is 0 Å². The van der Waals surface area contributed by atoms with Gasteiger partial charge in [-0.3, -0.25) is 9.59 Å². The van der Waals surface area contributed by atoms with Crippen LogP contribution >= 0.6 is 0 Å². The van der Waals surface area contributed by atoms with Gasteiger partial charge in [0.1, 0.15) is 18.2 Å². The molecular formula is C24H25FN2O3. The summed E-state index contributed by atoms with van der Waals surface area (Å²) in [7, 11) is 3.65. The molecule has 1 amide bonds. The van der Waals surface area contributed by atoms with Gasteiger partial charge in [-0.2, -0.15) is 0 Å². The van der Waals surface area contributed by atoms with Crippen LogP contribution in [-0.2, 0) is 16.2 Å². The second-order valence-electron chi connectivity index (χ2n) is 7.90. The molecule has 2 aromatic carbocycles. The number of carbonyl (C=O) groups excluding carboxylic acids is 2. The molecule has 2 aliphatic rings. The number of hydrogen-bond acceptors (Lipinski definition) is 4. The predicted octanol–water partition coefficient (Wildman–Crippen LogP) is 4.20. The number of hydrazine groups is 1. The molecule has 0 aromatic heterocycles. The van der Waals surface area contributed by atoms with Crippen molar-refractivity contribution in [3.05, 3.63) is 76.7 Å². The molecule has 1 unspecified atom stereocenters. The van der Waals surface area contributed by atoms with Gasteiger partial charge in [-0.25, -0.2) is 14.4 Å². The first-order chi connectivity index (χ1) is 14.5. The highest BCUT2D eigenvalue weighted by molar-refractivity contribution is 6.01. The Kier molecular flexibility index (Phi) is 5.68. The van der Waals surface area contributed by atoms with Gasteiger partial charge >= 0.3 is 0 Å². The first-order valence-electron chi connectivity index (χ1n) is 10.2. The van der Waals surface area contributed by atoms with Crippen molar-refractivity contribution >= 4 is 11.7 Å². The molecule has 4 rings (SSSR count). The number of hydrogen-bond donors (Lipinski definition) is 0. The average molecular weight is 408 g/mol. The molecule has 156 valence electrons. The highest BCUT2D eigenvalue weighted by atomic mass is 19.1. The Morgan fingerprint density at radius 1 is 1.07 bits per heavy atom. The average Bonchev–Trinajstić information content (AvgIpc) is 2.73. The van der Waals surface area contributed by atoms with E-state index < -0.39 is 0 Å². The smallest absolute Gasteiger partial charge is 0.242 e. The van der Waals surface area contributed by atoms with Crippen LogP contribution in [-0.4, -0.2) is 35.8 Å². The lowest BCUT2D eigenvalue weighted by atomic mass is 9.77. The summed E-state index contributed by atoms with van der Waals surface area (Å²) in [5, 5.41) is 3.40. The van der Waals surface area contributed by atoms with Crippen molar-refractivity contribution in [3.63, 3.8) is 0 Å². The van der Waals surface area contributed by atoms with Gasteiger partial charge in [0.15, 0.2) is 5.78 Å². The van der Waals surface area contributed by atoms with Gasteiger partial charge in [-0.05, 0) is 36.6 Å². The topological polar surface area (TPSA) is 49.9 Å². The van der Waals surface area contributed by atoms with Gasteiger partial charge in [0.2, 0.25) is 5.91 Å². The van der Waals surface area contributed by atoms with Gasteiger partial charge in [0, 0.05) is 49.7 Å². The van der Waals surface area contributed by atoms with Crippen LogP contribution in [0.2, 0.25) is 0 Å². The summed E-state index contributed by atoms with van der Waals surface area (Å²) in [5.74, 6) is 0.203. The lowest BCUT2D eigenvalue weighted by Gasteiger charge is -2.41. The summed E-state index contributed by atoms with van der Waals surface area (Å²) in [5.41, 5.74) is 3.00. The summed E-state index contributed by atoms with van der Waals surface area (Å²) < 4.78 is 19.5. The van der Waals surface area contributed by atoms with Crippen molar-refractivity contribution in [3.8, 4) is 5.75 Å². The van der Waals surface area contributed by atoms with E-state index in [4.69, 9.17) is 4.74 Å². The van der Waals surface area contributed by atoms with Crippen LogP contribution in [0.3, 0.4) is 0 Å². The number of ketones is 1. The Hall–Kier alpha value is -2.99. The van der Waals surface area contributed by atoms with Crippen LogP contribution in [0, 0.1) is 5.82 Å². The Balaban J connectivity index is 1.57. The molecule has 0 spiro atoms. The molecule has 0 N–H and O–H groups in total. The number of nitrogens with zero attached hydrogens (tertiary/aromatic N) is 2. The number of allylic oxidation sites excluding steroid dienone is 2. The number of carbonyl (C=O) groups is 2. The number of rotatable bonds is 5. The summed E-state index contributed by atoms with van der Waals surface area (Å²) >= 11 is 0. The molecule has 5 nitrogen and oxygen atoms in total. The van der Waals surface area contributed by atoms with Crippen LogP contribution < -0.4 is 4.74 Å². The van der Waals surface area contributed by atoms with Gasteiger partial charge in [-0.1, -0.05) is 30.3 Å². The number of ether oxygens (including phenoxy) is 1. The molecule has 0 saturated carbocycles. The highest BCUT2D eigenvalue weighted by Gasteiger charge is 2.39. The maximum absolute atomic E-state index is 13.8. The number of Topliss-reactive ketones (excluding diaryl/α,β-unsaturated/α-hetero) is 1. The zero-order valence-corrected chi connectivity index (χ0v) is 17.2. The maximum Gasteiger partial charge on any atom is 0.242 e. The minimum Gasteiger partial charge on any atom is -0.489 e. The molecule has 0 radical (unpaired) electrons. The van der Waals surface area contributed by atoms with E-state index in [9.17, 15) is 14.0 Å². The molecule has 1 atom stereocenters. The van der Waals surface area contributed by atoms with Crippen LogP contribution in [0.5, 0.6) is 5.75 Å². The first-order valence-corrected chi connectivity index (χ1v) is 10.2. The summed E-state index contributed by atoms with van der Waals surface area (Å²) in [4.78, 5) is 25.6. The Morgan fingerprint density at radius 2 is 1.80 bits per heavy atom. The van der Waals surface area contributed by atoms with E-state index in [2.05, 4.69) is 0 Å². The summed E-state index contributed by atoms with van der Waals surface area (Å²) in [6, 6.07) is 13.9. The monoisotopic (exact) mass is 408 g/mol. The second kappa shape index (κ2) is 8.40. The minimum absolute atomic E-state index is 0.00155. The molecule has 1 heterocycles. The third kappa shape index (κ3) is 3.87. The van der Waals surface area contributed by atoms with Crippen LogP contribution in [0.4, 0.5) is 4.39 Å². The van der Waals surface area contributed by atoms with Gasteiger partial charge in [0.25, 0.3) is 0 Å². The maximum atomic E-state index is 13.8. The summed E-state index contributed by atoms with van der Waals surface area (Å²) in [6.45, 7) is 0.138. The Bertz CT molecular complexity index is 998. The van der Waals surface area contributed by atoms with Crippen molar-refractivity contribution in [1.29, 1.82) is 0 Å². The lowest BCUT2D eigenvalue weighted by molar-refractivity contribution is -0.143. The molecule has 0 fully saturated rings. The van der Waals surface area contributed by atoms with E-state index in [1.54, 1.807) is 28.2 Å². The van der Waals surface area contributed by atoms with Crippen LogP contribution in [0.15, 0.2) is 59.8 Å². The van der Waals surface area contributed by atoms with Crippen molar-refractivity contribution in [2.45, 2.75) is 38.2 Å². The number of benzene rings is 2. The SMILES string of the molecule is CN(C)N1C(=O)CC(c2ccc(OCc3ccccc3F)cc2)C2=C1CCCC2=O. The standard InChI is InChI=1S/C24H25FN2O3/c1-26(2)27-21-8-5-9-22(28)24(21)19(14-23(27)29)16-10-12-18(13-11-16)30-15-17-6-3-4-7-20(17)25/h3-4,6-7,10-13,19H,5,8-9,14-15H2,1-2H3. The van der Waals surface area contributed by atoms with E-state index >= 15 is 0 Å². The van der Waals surface area contributed by atoms with Crippen molar-refractivity contribution in [2.75, 3.05) is 14.1 Å². The van der Waals surface area contributed by atoms with E-state index in [1.165, 1.54) is 6.07 Å². The largest absolute Gasteiger partial charge is 0.489 e. The molecule has 6 heteroatoms. The highest BCUT2D eigenvalue weighted by Crippen LogP contribution is 2.42.